The number of aryl methyl sites for hydroxylation is 1. The highest BCUT2D eigenvalue weighted by Crippen LogP contribution is 2.51. The van der Waals surface area contributed by atoms with Crippen molar-refractivity contribution in [3.8, 4) is 0 Å². The molecule has 0 radical (unpaired) electrons. The van der Waals surface area contributed by atoms with Crippen molar-refractivity contribution in [1.82, 2.24) is 10.3 Å². The molecule has 1 aromatic carbocycles. The summed E-state index contributed by atoms with van der Waals surface area (Å²) in [6.45, 7) is 3.25. The SMILES string of the molecule is CCC(Cl)NCC1(C2CCc3c(ccc4[nH]ccc34)C2)CCC1. The van der Waals surface area contributed by atoms with Gasteiger partial charge in [0.25, 0.3) is 0 Å². The summed E-state index contributed by atoms with van der Waals surface area (Å²) in [7, 11) is 0. The van der Waals surface area contributed by atoms with Gasteiger partial charge in [-0.25, -0.2) is 0 Å². The lowest BCUT2D eigenvalue weighted by molar-refractivity contribution is 0.0389. The first-order chi connectivity index (χ1) is 11.2. The van der Waals surface area contributed by atoms with Crippen LogP contribution >= 0.6 is 11.6 Å². The van der Waals surface area contributed by atoms with Gasteiger partial charge in [-0.2, -0.15) is 0 Å². The van der Waals surface area contributed by atoms with E-state index in [9.17, 15) is 0 Å². The van der Waals surface area contributed by atoms with Gasteiger partial charge in [-0.15, -0.1) is 11.6 Å². The summed E-state index contributed by atoms with van der Waals surface area (Å²) in [6.07, 6.45) is 11.0. The molecule has 0 bridgehead atoms. The van der Waals surface area contributed by atoms with Gasteiger partial charge in [0.1, 0.15) is 0 Å². The molecule has 2 N–H and O–H groups in total. The van der Waals surface area contributed by atoms with Gasteiger partial charge in [-0.05, 0) is 73.1 Å². The normalized spacial score (nSPS) is 24.2. The quantitative estimate of drug-likeness (QED) is 0.585. The van der Waals surface area contributed by atoms with Crippen molar-refractivity contribution < 1.29 is 0 Å². The van der Waals surface area contributed by atoms with Crippen LogP contribution in [-0.2, 0) is 12.8 Å². The molecule has 1 aromatic heterocycles. The Kier molecular flexibility index (Phi) is 4.15. The molecular weight excluding hydrogens is 304 g/mol. The lowest BCUT2D eigenvalue weighted by Crippen LogP contribution is -2.48. The molecule has 2 aliphatic rings. The Balaban J connectivity index is 1.54. The van der Waals surface area contributed by atoms with Crippen molar-refractivity contribution in [2.24, 2.45) is 11.3 Å². The largest absolute Gasteiger partial charge is 0.361 e. The van der Waals surface area contributed by atoms with Gasteiger partial charge in [0.2, 0.25) is 0 Å². The van der Waals surface area contributed by atoms with Gasteiger partial charge in [0.15, 0.2) is 0 Å². The topological polar surface area (TPSA) is 27.8 Å². The molecule has 2 nitrogen and oxygen atoms in total. The third kappa shape index (κ3) is 2.70. The minimum atomic E-state index is 0.128. The molecule has 1 heterocycles. The highest BCUT2D eigenvalue weighted by Gasteiger charge is 2.44. The Labute approximate surface area is 144 Å². The molecule has 1 fully saturated rings. The number of aromatic amines is 1. The molecule has 2 atom stereocenters. The minimum absolute atomic E-state index is 0.128. The van der Waals surface area contributed by atoms with E-state index < -0.39 is 0 Å². The first-order valence-corrected chi connectivity index (χ1v) is 9.61. The average molecular weight is 331 g/mol. The number of hydrogen-bond acceptors (Lipinski definition) is 1. The Bertz CT molecular complexity index is 686. The Morgan fingerprint density at radius 2 is 2.22 bits per heavy atom. The number of alkyl halides is 1. The number of aromatic nitrogens is 1. The predicted molar refractivity (Wildman–Crippen MR) is 98.0 cm³/mol. The van der Waals surface area contributed by atoms with E-state index in [1.54, 1.807) is 11.1 Å². The van der Waals surface area contributed by atoms with Gasteiger partial charge < -0.3 is 10.3 Å². The summed E-state index contributed by atoms with van der Waals surface area (Å²) in [5.41, 5.74) is 5.08. The Hall–Kier alpha value is -0.990. The smallest absolute Gasteiger partial charge is 0.0823 e. The second-order valence-corrected chi connectivity index (χ2v) is 8.08. The van der Waals surface area contributed by atoms with E-state index in [4.69, 9.17) is 11.6 Å². The van der Waals surface area contributed by atoms with Crippen molar-refractivity contribution >= 4 is 22.5 Å². The molecule has 0 amide bonds. The van der Waals surface area contributed by atoms with Gasteiger partial charge in [0, 0.05) is 23.6 Å². The van der Waals surface area contributed by atoms with E-state index in [0.717, 1.165) is 18.9 Å². The molecule has 2 aromatic rings. The van der Waals surface area contributed by atoms with Crippen LogP contribution in [0.2, 0.25) is 0 Å². The van der Waals surface area contributed by atoms with Crippen LogP contribution < -0.4 is 5.32 Å². The van der Waals surface area contributed by atoms with Crippen LogP contribution in [0.4, 0.5) is 0 Å². The molecule has 2 unspecified atom stereocenters. The highest BCUT2D eigenvalue weighted by molar-refractivity contribution is 6.20. The monoisotopic (exact) mass is 330 g/mol. The maximum absolute atomic E-state index is 6.31. The van der Waals surface area contributed by atoms with Crippen LogP contribution in [0.3, 0.4) is 0 Å². The second kappa shape index (κ2) is 6.14. The average Bonchev–Trinajstić information content (AvgIpc) is 3.02. The third-order valence-corrected chi connectivity index (χ3v) is 6.86. The number of rotatable bonds is 5. The van der Waals surface area contributed by atoms with Crippen molar-refractivity contribution in [2.75, 3.05) is 6.54 Å². The minimum Gasteiger partial charge on any atom is -0.361 e. The number of fused-ring (bicyclic) bond motifs is 3. The van der Waals surface area contributed by atoms with Gasteiger partial charge >= 0.3 is 0 Å². The Morgan fingerprint density at radius 3 is 2.96 bits per heavy atom. The number of hydrogen-bond donors (Lipinski definition) is 2. The standard InChI is InChI=1S/C20H27ClN2/c1-2-19(21)23-13-20(9-3-10-20)15-5-6-16-14(12-15)4-7-18-17(16)8-11-22-18/h4,7-8,11,15,19,22-23H,2-3,5-6,9-10,12-13H2,1H3. The zero-order chi connectivity index (χ0) is 15.9. The van der Waals surface area contributed by atoms with Gasteiger partial charge in [-0.3, -0.25) is 0 Å². The molecule has 0 aliphatic heterocycles. The number of benzene rings is 1. The molecule has 4 rings (SSSR count). The summed E-state index contributed by atoms with van der Waals surface area (Å²) >= 11 is 6.31. The molecule has 0 saturated heterocycles. The van der Waals surface area contributed by atoms with Crippen LogP contribution in [-0.4, -0.2) is 17.0 Å². The van der Waals surface area contributed by atoms with Crippen LogP contribution in [0.25, 0.3) is 10.9 Å². The lowest BCUT2D eigenvalue weighted by atomic mass is 9.57. The van der Waals surface area contributed by atoms with E-state index in [2.05, 4.69) is 41.6 Å². The summed E-state index contributed by atoms with van der Waals surface area (Å²) in [4.78, 5) is 3.35. The van der Waals surface area contributed by atoms with Crippen LogP contribution in [0.1, 0.15) is 50.2 Å². The van der Waals surface area contributed by atoms with Crippen molar-refractivity contribution in [3.05, 3.63) is 35.5 Å². The maximum Gasteiger partial charge on any atom is 0.0823 e. The number of halogens is 1. The maximum atomic E-state index is 6.31. The predicted octanol–water partition coefficient (Wildman–Crippen LogP) is 5.01. The van der Waals surface area contributed by atoms with Crippen molar-refractivity contribution in [2.45, 2.75) is 57.4 Å². The fourth-order valence-electron chi connectivity index (χ4n) is 4.75. The van der Waals surface area contributed by atoms with Crippen LogP contribution in [0.15, 0.2) is 24.4 Å². The van der Waals surface area contributed by atoms with E-state index in [0.29, 0.717) is 5.41 Å². The van der Waals surface area contributed by atoms with E-state index in [1.165, 1.54) is 49.4 Å². The molecule has 1 saturated carbocycles. The zero-order valence-corrected chi connectivity index (χ0v) is 14.8. The molecule has 0 spiro atoms. The second-order valence-electron chi connectivity index (χ2n) is 7.55. The summed E-state index contributed by atoms with van der Waals surface area (Å²) in [6, 6.07) is 6.86. The molecule has 124 valence electrons. The van der Waals surface area contributed by atoms with Gasteiger partial charge in [0.05, 0.1) is 5.50 Å². The molecule has 2 aliphatic carbocycles. The molecular formula is C20H27ClN2. The highest BCUT2D eigenvalue weighted by atomic mass is 35.5. The Morgan fingerprint density at radius 1 is 1.35 bits per heavy atom. The first kappa shape index (κ1) is 15.5. The number of H-pyrrole nitrogens is 1. The van der Waals surface area contributed by atoms with E-state index in [-0.39, 0.29) is 5.50 Å². The molecule has 3 heteroatoms. The first-order valence-electron chi connectivity index (χ1n) is 9.17. The summed E-state index contributed by atoms with van der Waals surface area (Å²) in [5.74, 6) is 0.813. The fourth-order valence-corrected chi connectivity index (χ4v) is 4.83. The van der Waals surface area contributed by atoms with E-state index >= 15 is 0 Å². The van der Waals surface area contributed by atoms with Crippen LogP contribution in [0.5, 0.6) is 0 Å². The summed E-state index contributed by atoms with van der Waals surface area (Å²) in [5, 5.41) is 5.02. The summed E-state index contributed by atoms with van der Waals surface area (Å²) < 4.78 is 0. The third-order valence-electron chi connectivity index (χ3n) is 6.40. The van der Waals surface area contributed by atoms with Gasteiger partial charge in [-0.1, -0.05) is 19.4 Å². The molecule has 23 heavy (non-hydrogen) atoms. The van der Waals surface area contributed by atoms with Crippen molar-refractivity contribution in [3.63, 3.8) is 0 Å². The van der Waals surface area contributed by atoms with Crippen molar-refractivity contribution in [1.29, 1.82) is 0 Å². The lowest BCUT2D eigenvalue weighted by Gasteiger charge is -2.50. The van der Waals surface area contributed by atoms with E-state index in [1.807, 2.05) is 0 Å². The van der Waals surface area contributed by atoms with Crippen LogP contribution in [0, 0.1) is 11.3 Å². The number of nitrogens with one attached hydrogen (secondary N) is 2. The zero-order valence-electron chi connectivity index (χ0n) is 14.0. The fraction of sp³-hybridized carbons (Fsp3) is 0.600.